The van der Waals surface area contributed by atoms with Crippen LogP contribution in [0.2, 0.25) is 0 Å². The van der Waals surface area contributed by atoms with Gasteiger partial charge in [-0.25, -0.2) is 0 Å². The molecule has 2 aliphatic rings. The highest BCUT2D eigenvalue weighted by molar-refractivity contribution is 5.90. The van der Waals surface area contributed by atoms with Gasteiger partial charge in [0.05, 0.1) is 5.41 Å². The molecule has 29 heavy (non-hydrogen) atoms. The predicted octanol–water partition coefficient (Wildman–Crippen LogP) is 6.38. The Bertz CT molecular complexity index is 756. The van der Waals surface area contributed by atoms with Crippen LogP contribution >= 0.6 is 0 Å². The molecular weight excluding hydrogens is 360 g/mol. The zero-order valence-corrected chi connectivity index (χ0v) is 19.0. The lowest BCUT2D eigenvalue weighted by Crippen LogP contribution is -2.56. The number of carboxylic acid groups (broad SMARTS) is 1. The van der Waals surface area contributed by atoms with Crippen LogP contribution < -0.4 is 0 Å². The van der Waals surface area contributed by atoms with Gasteiger partial charge in [0.2, 0.25) is 0 Å². The molecule has 0 aromatic rings. The van der Waals surface area contributed by atoms with Crippen molar-refractivity contribution in [1.82, 2.24) is 0 Å². The van der Waals surface area contributed by atoms with Gasteiger partial charge in [-0.1, -0.05) is 77.2 Å². The van der Waals surface area contributed by atoms with Gasteiger partial charge < -0.3 is 5.11 Å². The van der Waals surface area contributed by atoms with Crippen LogP contribution in [0.15, 0.2) is 48.1 Å². The molecule has 0 spiro atoms. The monoisotopic (exact) mass is 398 g/mol. The Morgan fingerprint density at radius 1 is 1.24 bits per heavy atom. The molecule has 160 valence electrons. The molecule has 0 aliphatic heterocycles. The first kappa shape index (κ1) is 23.4. The van der Waals surface area contributed by atoms with Crippen molar-refractivity contribution >= 4 is 11.8 Å². The molecule has 1 N–H and O–H groups in total. The third-order valence-electron chi connectivity index (χ3n) is 7.96. The zero-order chi connectivity index (χ0) is 22.0. The molecule has 0 saturated heterocycles. The van der Waals surface area contributed by atoms with Crippen molar-refractivity contribution in [2.75, 3.05) is 0 Å². The number of Topliss-reactive ketones (excluding diaryl/α,β-unsaturated/α-hetero) is 1. The van der Waals surface area contributed by atoms with Crippen molar-refractivity contribution in [1.29, 1.82) is 0 Å². The van der Waals surface area contributed by atoms with Gasteiger partial charge in [-0.15, -0.1) is 0 Å². The van der Waals surface area contributed by atoms with Crippen LogP contribution in [-0.2, 0) is 9.59 Å². The molecule has 0 amide bonds. The second-order valence-electron chi connectivity index (χ2n) is 8.68. The summed E-state index contributed by atoms with van der Waals surface area (Å²) in [4.78, 5) is 26.3. The first-order chi connectivity index (χ1) is 13.7. The number of ketones is 1. The van der Waals surface area contributed by atoms with Crippen molar-refractivity contribution in [3.63, 3.8) is 0 Å². The standard InChI is InChI=1S/C26H38O3/c1-8-18(9-2)14-15-25(12-5)16-19(10-3)21-17(7)23(27)20(11-4)22(21)26(25,13-6)24(28)29/h8-9,14-17,20-22H,1,10-13H2,2-7H3,(H,28,29). The quantitative estimate of drug-likeness (QED) is 0.381. The van der Waals surface area contributed by atoms with Crippen LogP contribution in [0.5, 0.6) is 0 Å². The molecule has 0 aromatic carbocycles. The summed E-state index contributed by atoms with van der Waals surface area (Å²) in [6.45, 7) is 16.1. The number of allylic oxidation sites excluding steroid dienone is 7. The molecule has 0 aromatic heterocycles. The van der Waals surface area contributed by atoms with E-state index in [9.17, 15) is 14.7 Å². The van der Waals surface area contributed by atoms with Crippen LogP contribution in [0.4, 0.5) is 0 Å². The van der Waals surface area contributed by atoms with Crippen LogP contribution in [-0.4, -0.2) is 16.9 Å². The minimum Gasteiger partial charge on any atom is -0.481 e. The van der Waals surface area contributed by atoms with Crippen LogP contribution in [0.25, 0.3) is 0 Å². The number of hydrogen-bond donors (Lipinski definition) is 1. The maximum atomic E-state index is 13.2. The molecule has 3 heteroatoms. The fraction of sp³-hybridized carbons (Fsp3) is 0.615. The van der Waals surface area contributed by atoms with Gasteiger partial charge in [0, 0.05) is 17.3 Å². The van der Waals surface area contributed by atoms with E-state index < -0.39 is 16.8 Å². The number of carbonyl (C=O) groups excluding carboxylic acids is 1. The Morgan fingerprint density at radius 2 is 1.90 bits per heavy atom. The van der Waals surface area contributed by atoms with Crippen molar-refractivity contribution < 1.29 is 14.7 Å². The van der Waals surface area contributed by atoms with Crippen molar-refractivity contribution in [2.45, 2.75) is 67.2 Å². The SMILES string of the molecule is C=CC(C=CC1(CC)C=C(CC)C2C(C)C(=O)C(CC)C2C1(CC)C(=O)O)=CC. The zero-order valence-electron chi connectivity index (χ0n) is 19.0. The maximum Gasteiger partial charge on any atom is 0.311 e. The fourth-order valence-electron chi connectivity index (χ4n) is 6.43. The van der Waals surface area contributed by atoms with Crippen LogP contribution in [0, 0.1) is 34.5 Å². The number of aliphatic carboxylic acids is 1. The van der Waals surface area contributed by atoms with E-state index in [1.54, 1.807) is 6.08 Å². The number of carbonyl (C=O) groups is 2. The Morgan fingerprint density at radius 3 is 2.31 bits per heavy atom. The minimum atomic E-state index is -0.997. The highest BCUT2D eigenvalue weighted by Gasteiger charge is 2.67. The molecule has 1 saturated carbocycles. The van der Waals surface area contributed by atoms with Crippen molar-refractivity contribution in [3.05, 3.63) is 48.1 Å². The van der Waals surface area contributed by atoms with E-state index in [4.69, 9.17) is 0 Å². The van der Waals surface area contributed by atoms with E-state index >= 15 is 0 Å². The topological polar surface area (TPSA) is 54.4 Å². The third kappa shape index (κ3) is 3.27. The average Bonchev–Trinajstić information content (AvgIpc) is 2.98. The lowest BCUT2D eigenvalue weighted by molar-refractivity contribution is -0.165. The Kier molecular flexibility index (Phi) is 7.14. The van der Waals surface area contributed by atoms with Gasteiger partial charge >= 0.3 is 5.97 Å². The van der Waals surface area contributed by atoms with E-state index in [1.807, 2.05) is 39.8 Å². The largest absolute Gasteiger partial charge is 0.481 e. The summed E-state index contributed by atoms with van der Waals surface area (Å²) in [6.07, 6.45) is 12.8. The lowest BCUT2D eigenvalue weighted by Gasteiger charge is -2.55. The fourth-order valence-corrected chi connectivity index (χ4v) is 6.43. The van der Waals surface area contributed by atoms with Crippen LogP contribution in [0.1, 0.15) is 67.2 Å². The average molecular weight is 399 g/mol. The summed E-state index contributed by atoms with van der Waals surface area (Å²) in [5.41, 5.74) is 0.603. The Hall–Kier alpha value is -1.90. The molecule has 3 nitrogen and oxygen atoms in total. The molecule has 2 aliphatic carbocycles. The predicted molar refractivity (Wildman–Crippen MR) is 119 cm³/mol. The number of fused-ring (bicyclic) bond motifs is 1. The smallest absolute Gasteiger partial charge is 0.311 e. The van der Waals surface area contributed by atoms with Gasteiger partial charge in [0.15, 0.2) is 0 Å². The molecule has 1 fully saturated rings. The van der Waals surface area contributed by atoms with E-state index in [0.717, 1.165) is 12.0 Å². The van der Waals surface area contributed by atoms with Gasteiger partial charge in [-0.3, -0.25) is 9.59 Å². The summed E-state index contributed by atoms with van der Waals surface area (Å²) in [7, 11) is 0. The third-order valence-corrected chi connectivity index (χ3v) is 7.96. The first-order valence-electron chi connectivity index (χ1n) is 11.2. The second-order valence-corrected chi connectivity index (χ2v) is 8.68. The van der Waals surface area contributed by atoms with E-state index in [0.29, 0.717) is 19.3 Å². The molecule has 0 bridgehead atoms. The molecule has 0 heterocycles. The highest BCUT2D eigenvalue weighted by atomic mass is 16.4. The van der Waals surface area contributed by atoms with Crippen LogP contribution in [0.3, 0.4) is 0 Å². The first-order valence-corrected chi connectivity index (χ1v) is 11.2. The van der Waals surface area contributed by atoms with E-state index in [1.165, 1.54) is 5.57 Å². The molecule has 2 rings (SSSR count). The number of rotatable bonds is 8. The van der Waals surface area contributed by atoms with Gasteiger partial charge in [-0.2, -0.15) is 0 Å². The maximum absolute atomic E-state index is 13.2. The summed E-state index contributed by atoms with van der Waals surface area (Å²) < 4.78 is 0. The number of carboxylic acids is 1. The summed E-state index contributed by atoms with van der Waals surface area (Å²) >= 11 is 0. The van der Waals surface area contributed by atoms with E-state index in [2.05, 4.69) is 32.6 Å². The second kappa shape index (κ2) is 8.85. The Labute approximate surface area is 176 Å². The normalized spacial score (nSPS) is 37.5. The molecule has 6 unspecified atom stereocenters. The molecular formula is C26H38O3. The summed E-state index contributed by atoms with van der Waals surface area (Å²) in [5.74, 6) is -0.964. The summed E-state index contributed by atoms with van der Waals surface area (Å²) in [6, 6.07) is 0. The van der Waals surface area contributed by atoms with Crippen molar-refractivity contribution in [3.8, 4) is 0 Å². The van der Waals surface area contributed by atoms with Gasteiger partial charge in [-0.05, 0) is 50.0 Å². The highest BCUT2D eigenvalue weighted by Crippen LogP contribution is 2.66. The molecule has 6 atom stereocenters. The van der Waals surface area contributed by atoms with Gasteiger partial charge in [0.1, 0.15) is 5.78 Å². The van der Waals surface area contributed by atoms with Gasteiger partial charge in [0.25, 0.3) is 0 Å². The molecule has 0 radical (unpaired) electrons. The Balaban J connectivity index is 2.89. The van der Waals surface area contributed by atoms with E-state index in [-0.39, 0.29) is 29.5 Å². The van der Waals surface area contributed by atoms with Crippen molar-refractivity contribution in [2.24, 2.45) is 34.5 Å². The number of hydrogen-bond acceptors (Lipinski definition) is 2. The summed E-state index contributed by atoms with van der Waals surface area (Å²) in [5, 5.41) is 10.7. The lowest BCUT2D eigenvalue weighted by atomic mass is 9.46. The minimum absolute atomic E-state index is 0.0298.